The summed E-state index contributed by atoms with van der Waals surface area (Å²) in [5.74, 6) is 0. The van der Waals surface area contributed by atoms with Gasteiger partial charge in [-0.15, -0.1) is 11.3 Å². The third kappa shape index (κ3) is 2.33. The lowest BCUT2D eigenvalue weighted by molar-refractivity contribution is 0.0991. The highest BCUT2D eigenvalue weighted by molar-refractivity contribution is 7.94. The minimum atomic E-state index is -3.40. The van der Waals surface area contributed by atoms with E-state index in [-0.39, 0.29) is 10.9 Å². The van der Waals surface area contributed by atoms with Crippen LogP contribution in [0.2, 0.25) is 0 Å². The molecule has 2 aromatic rings. The highest BCUT2D eigenvalue weighted by atomic mass is 32.2. The molecule has 0 spiro atoms. The molecule has 2 N–H and O–H groups in total. The number of nitrogens with two attached hydrogens (primary N) is 1. The lowest BCUT2D eigenvalue weighted by Crippen LogP contribution is -2.30. The normalized spacial score (nSPS) is 20.7. The van der Waals surface area contributed by atoms with E-state index in [9.17, 15) is 8.42 Å². The summed E-state index contributed by atoms with van der Waals surface area (Å²) in [4.78, 5) is 4.22. The van der Waals surface area contributed by atoms with E-state index in [1.54, 1.807) is 18.2 Å². The van der Waals surface area contributed by atoms with Crippen molar-refractivity contribution >= 4 is 37.1 Å². The lowest BCUT2D eigenvalue weighted by Gasteiger charge is -2.20. The quantitative estimate of drug-likeness (QED) is 0.855. The van der Waals surface area contributed by atoms with Gasteiger partial charge in [0.1, 0.15) is 0 Å². The van der Waals surface area contributed by atoms with Gasteiger partial charge in [-0.25, -0.2) is 13.4 Å². The largest absolute Gasteiger partial charge is 0.399 e. The number of thiazole rings is 1. The van der Waals surface area contributed by atoms with Gasteiger partial charge in [-0.2, -0.15) is 0 Å². The molecule has 1 aromatic heterocycles. The minimum absolute atomic E-state index is 0.170. The van der Waals surface area contributed by atoms with Crippen molar-refractivity contribution in [3.8, 4) is 0 Å². The summed E-state index contributed by atoms with van der Waals surface area (Å²) < 4.78 is 31.2. The first kappa shape index (κ1) is 12.8. The molecule has 1 aliphatic rings. The van der Waals surface area contributed by atoms with E-state index in [2.05, 4.69) is 4.98 Å². The molecule has 2 heterocycles. The first-order chi connectivity index (χ1) is 9.07. The van der Waals surface area contributed by atoms with Gasteiger partial charge in [-0.05, 0) is 31.0 Å². The SMILES string of the molecule is Nc1ccc2nc(S(=O)(=O)C3CCCOC3)sc2c1. The summed E-state index contributed by atoms with van der Waals surface area (Å²) in [5.41, 5.74) is 6.98. The van der Waals surface area contributed by atoms with Crippen LogP contribution < -0.4 is 5.73 Å². The van der Waals surface area contributed by atoms with Gasteiger partial charge in [-0.1, -0.05) is 0 Å². The van der Waals surface area contributed by atoms with Gasteiger partial charge in [0.15, 0.2) is 0 Å². The highest BCUT2D eigenvalue weighted by Gasteiger charge is 2.32. The molecule has 5 nitrogen and oxygen atoms in total. The third-order valence-corrected chi connectivity index (χ3v) is 6.78. The Hall–Kier alpha value is -1.18. The van der Waals surface area contributed by atoms with E-state index in [1.807, 2.05) is 0 Å². The van der Waals surface area contributed by atoms with Crippen molar-refractivity contribution in [2.45, 2.75) is 22.4 Å². The van der Waals surface area contributed by atoms with Gasteiger partial charge >= 0.3 is 0 Å². The standard InChI is InChI=1S/C12H14N2O3S2/c13-8-3-4-10-11(6-8)18-12(14-10)19(15,16)9-2-1-5-17-7-9/h3-4,6,9H,1-2,5,7,13H2. The number of sulfone groups is 1. The Bertz CT molecular complexity index is 703. The Labute approximate surface area is 115 Å². The lowest BCUT2D eigenvalue weighted by atomic mass is 10.2. The van der Waals surface area contributed by atoms with Crippen LogP contribution in [0.3, 0.4) is 0 Å². The van der Waals surface area contributed by atoms with E-state index in [0.29, 0.717) is 24.2 Å². The fourth-order valence-electron chi connectivity index (χ4n) is 2.14. The predicted octanol–water partition coefficient (Wildman–Crippen LogP) is 1.83. The first-order valence-electron chi connectivity index (χ1n) is 6.05. The number of anilines is 1. The molecule has 1 aliphatic heterocycles. The molecule has 3 rings (SSSR count). The maximum Gasteiger partial charge on any atom is 0.210 e. The molecule has 0 saturated carbocycles. The van der Waals surface area contributed by atoms with Gasteiger partial charge in [0, 0.05) is 12.3 Å². The zero-order valence-corrected chi connectivity index (χ0v) is 11.8. The number of ether oxygens (including phenoxy) is 1. The van der Waals surface area contributed by atoms with Crippen molar-refractivity contribution in [1.29, 1.82) is 0 Å². The van der Waals surface area contributed by atoms with Crippen LogP contribution in [0.1, 0.15) is 12.8 Å². The Balaban J connectivity index is 2.02. The second kappa shape index (κ2) is 4.73. The summed E-state index contributed by atoms with van der Waals surface area (Å²) in [6, 6.07) is 5.23. The Morgan fingerprint density at radius 1 is 1.42 bits per heavy atom. The van der Waals surface area contributed by atoms with Crippen molar-refractivity contribution in [2.24, 2.45) is 0 Å². The van der Waals surface area contributed by atoms with Crippen LogP contribution in [0.25, 0.3) is 10.2 Å². The van der Waals surface area contributed by atoms with E-state index in [4.69, 9.17) is 10.5 Å². The van der Waals surface area contributed by atoms with Crippen molar-refractivity contribution in [1.82, 2.24) is 4.98 Å². The summed E-state index contributed by atoms with van der Waals surface area (Å²) >= 11 is 1.18. The van der Waals surface area contributed by atoms with Crippen LogP contribution in [0.4, 0.5) is 5.69 Å². The molecule has 19 heavy (non-hydrogen) atoms. The summed E-state index contributed by atoms with van der Waals surface area (Å²) in [6.07, 6.45) is 1.42. The van der Waals surface area contributed by atoms with Gasteiger partial charge in [-0.3, -0.25) is 0 Å². The van der Waals surface area contributed by atoms with E-state index >= 15 is 0 Å². The molecular formula is C12H14N2O3S2. The van der Waals surface area contributed by atoms with E-state index in [1.165, 1.54) is 11.3 Å². The molecule has 7 heteroatoms. The van der Waals surface area contributed by atoms with Crippen molar-refractivity contribution < 1.29 is 13.2 Å². The third-order valence-electron chi connectivity index (χ3n) is 3.19. The number of hydrogen-bond acceptors (Lipinski definition) is 6. The maximum atomic E-state index is 12.5. The van der Waals surface area contributed by atoms with Gasteiger partial charge < -0.3 is 10.5 Å². The van der Waals surface area contributed by atoms with E-state index < -0.39 is 15.1 Å². The van der Waals surface area contributed by atoms with Crippen LogP contribution in [0.5, 0.6) is 0 Å². The molecule has 0 amide bonds. The number of hydrogen-bond donors (Lipinski definition) is 1. The van der Waals surface area contributed by atoms with Gasteiger partial charge in [0.05, 0.1) is 22.1 Å². The van der Waals surface area contributed by atoms with Crippen LogP contribution in [-0.4, -0.2) is 31.9 Å². The summed E-state index contributed by atoms with van der Waals surface area (Å²) in [6.45, 7) is 0.906. The van der Waals surface area contributed by atoms with Gasteiger partial charge in [0.2, 0.25) is 14.2 Å². The monoisotopic (exact) mass is 298 g/mol. The van der Waals surface area contributed by atoms with Crippen molar-refractivity contribution in [3.63, 3.8) is 0 Å². The number of fused-ring (bicyclic) bond motifs is 1. The van der Waals surface area contributed by atoms with Crippen molar-refractivity contribution in [2.75, 3.05) is 18.9 Å². The number of aromatic nitrogens is 1. The van der Waals surface area contributed by atoms with E-state index in [0.717, 1.165) is 11.1 Å². The van der Waals surface area contributed by atoms with Crippen LogP contribution in [0.15, 0.2) is 22.5 Å². The number of nitrogen functional groups attached to an aromatic ring is 1. The maximum absolute atomic E-state index is 12.5. The fraction of sp³-hybridized carbons (Fsp3) is 0.417. The smallest absolute Gasteiger partial charge is 0.210 e. The molecule has 102 valence electrons. The molecular weight excluding hydrogens is 284 g/mol. The topological polar surface area (TPSA) is 82.3 Å². The summed E-state index contributed by atoms with van der Waals surface area (Å²) in [5, 5.41) is -0.473. The Morgan fingerprint density at radius 2 is 2.26 bits per heavy atom. The zero-order valence-electron chi connectivity index (χ0n) is 10.2. The molecule has 1 aromatic carbocycles. The Kier molecular flexibility index (Phi) is 3.20. The summed E-state index contributed by atoms with van der Waals surface area (Å²) in [7, 11) is -3.40. The molecule has 1 saturated heterocycles. The minimum Gasteiger partial charge on any atom is -0.399 e. The molecule has 0 radical (unpaired) electrons. The van der Waals surface area contributed by atoms with Crippen LogP contribution in [0, 0.1) is 0 Å². The molecule has 1 atom stereocenters. The van der Waals surface area contributed by atoms with Crippen LogP contribution >= 0.6 is 11.3 Å². The number of benzene rings is 1. The van der Waals surface area contributed by atoms with Crippen LogP contribution in [-0.2, 0) is 14.6 Å². The average Bonchev–Trinajstić information content (AvgIpc) is 2.83. The highest BCUT2D eigenvalue weighted by Crippen LogP contribution is 2.31. The zero-order chi connectivity index (χ0) is 13.5. The predicted molar refractivity (Wildman–Crippen MR) is 75.1 cm³/mol. The van der Waals surface area contributed by atoms with Crippen molar-refractivity contribution in [3.05, 3.63) is 18.2 Å². The second-order valence-corrected chi connectivity index (χ2v) is 8.02. The molecule has 1 fully saturated rings. The first-order valence-corrected chi connectivity index (χ1v) is 8.41. The average molecular weight is 298 g/mol. The molecule has 1 unspecified atom stereocenters. The number of rotatable bonds is 2. The number of nitrogens with zero attached hydrogens (tertiary/aromatic N) is 1. The second-order valence-electron chi connectivity index (χ2n) is 4.59. The fourth-order valence-corrected chi connectivity index (χ4v) is 5.29. The molecule has 0 bridgehead atoms. The Morgan fingerprint density at radius 3 is 3.00 bits per heavy atom. The van der Waals surface area contributed by atoms with Gasteiger partial charge in [0.25, 0.3) is 0 Å². The molecule has 0 aliphatic carbocycles.